The van der Waals surface area contributed by atoms with Gasteiger partial charge in [0.1, 0.15) is 0 Å². The third kappa shape index (κ3) is 2.00. The second-order valence-electron chi connectivity index (χ2n) is 3.40. The van der Waals surface area contributed by atoms with Crippen LogP contribution in [0.5, 0.6) is 0 Å². The first-order valence-electron chi connectivity index (χ1n) is 4.60. The van der Waals surface area contributed by atoms with Crippen LogP contribution in [0.1, 0.15) is 10.4 Å². The molecule has 0 fully saturated rings. The molecular formula is C10H12BrN3S. The molecule has 0 unspecified atom stereocenters. The van der Waals surface area contributed by atoms with Gasteiger partial charge in [-0.05, 0) is 28.9 Å². The lowest BCUT2D eigenvalue weighted by Gasteiger charge is -1.97. The number of halogens is 1. The fraction of sp³-hybridized carbons (Fsp3) is 0.300. The summed E-state index contributed by atoms with van der Waals surface area (Å²) in [6, 6.07) is 2.10. The lowest BCUT2D eigenvalue weighted by atomic mass is 10.1. The van der Waals surface area contributed by atoms with Gasteiger partial charge in [-0.1, -0.05) is 0 Å². The molecule has 5 heteroatoms. The molecule has 0 aliphatic heterocycles. The maximum Gasteiger partial charge on any atom is 0.0979 e. The average Bonchev–Trinajstić information content (AvgIpc) is 2.69. The van der Waals surface area contributed by atoms with Crippen molar-refractivity contribution >= 4 is 27.3 Å². The first-order valence-corrected chi connectivity index (χ1v) is 6.21. The zero-order chi connectivity index (χ0) is 11.0. The summed E-state index contributed by atoms with van der Waals surface area (Å²) < 4.78 is 2.94. The molecule has 2 rings (SSSR count). The van der Waals surface area contributed by atoms with Gasteiger partial charge >= 0.3 is 0 Å². The zero-order valence-corrected chi connectivity index (χ0v) is 11.0. The van der Waals surface area contributed by atoms with Gasteiger partial charge in [0.15, 0.2) is 0 Å². The van der Waals surface area contributed by atoms with Crippen molar-refractivity contribution in [2.45, 2.75) is 13.5 Å². The summed E-state index contributed by atoms with van der Waals surface area (Å²) in [5.74, 6) is 0. The van der Waals surface area contributed by atoms with Crippen molar-refractivity contribution in [3.63, 3.8) is 0 Å². The van der Waals surface area contributed by atoms with Crippen LogP contribution in [0.3, 0.4) is 0 Å². The molecule has 2 aromatic heterocycles. The second-order valence-corrected chi connectivity index (χ2v) is 6.04. The van der Waals surface area contributed by atoms with Gasteiger partial charge in [0.25, 0.3) is 0 Å². The highest BCUT2D eigenvalue weighted by Gasteiger charge is 2.13. The maximum absolute atomic E-state index is 5.70. The first-order chi connectivity index (χ1) is 7.11. The Hall–Kier alpha value is -0.650. The largest absolute Gasteiger partial charge is 0.326 e. The topological polar surface area (TPSA) is 43.8 Å². The van der Waals surface area contributed by atoms with E-state index in [1.807, 2.05) is 17.9 Å². The summed E-state index contributed by atoms with van der Waals surface area (Å²) in [4.78, 5) is 1.26. The Bertz CT molecular complexity index is 487. The zero-order valence-electron chi connectivity index (χ0n) is 8.62. The van der Waals surface area contributed by atoms with E-state index in [4.69, 9.17) is 5.73 Å². The first kappa shape index (κ1) is 10.9. The maximum atomic E-state index is 5.70. The molecular weight excluding hydrogens is 274 g/mol. The van der Waals surface area contributed by atoms with E-state index < -0.39 is 0 Å². The number of nitrogens with zero attached hydrogens (tertiary/aromatic N) is 2. The molecule has 0 radical (unpaired) electrons. The number of nitrogens with two attached hydrogens (primary N) is 1. The average molecular weight is 286 g/mol. The molecule has 0 spiro atoms. The van der Waals surface area contributed by atoms with Gasteiger partial charge in [-0.2, -0.15) is 5.10 Å². The Balaban J connectivity index is 2.57. The number of hydrogen-bond acceptors (Lipinski definition) is 3. The van der Waals surface area contributed by atoms with Crippen molar-refractivity contribution in [1.82, 2.24) is 9.78 Å². The molecule has 0 saturated carbocycles. The molecule has 0 atom stereocenters. The van der Waals surface area contributed by atoms with E-state index in [2.05, 4.69) is 34.0 Å². The highest BCUT2D eigenvalue weighted by atomic mass is 79.9. The van der Waals surface area contributed by atoms with Gasteiger partial charge in [-0.15, -0.1) is 11.3 Å². The van der Waals surface area contributed by atoms with Crippen LogP contribution in [0.15, 0.2) is 16.0 Å². The quantitative estimate of drug-likeness (QED) is 0.922. The van der Waals surface area contributed by atoms with Crippen LogP contribution in [0.2, 0.25) is 0 Å². The molecule has 0 aliphatic carbocycles. The third-order valence-electron chi connectivity index (χ3n) is 2.27. The molecule has 2 aromatic rings. The standard InChI is InChI=1S/C10H12BrN3S/c1-6-8(3-9(11)15-6)10-7(4-12)5-14(2)13-10/h3,5H,4,12H2,1-2H3. The minimum atomic E-state index is 0.524. The van der Waals surface area contributed by atoms with Gasteiger partial charge in [0.05, 0.1) is 9.48 Å². The van der Waals surface area contributed by atoms with Crippen LogP contribution in [-0.4, -0.2) is 9.78 Å². The van der Waals surface area contributed by atoms with Crippen molar-refractivity contribution in [3.05, 3.63) is 26.5 Å². The lowest BCUT2D eigenvalue weighted by molar-refractivity contribution is 0.769. The van der Waals surface area contributed by atoms with E-state index in [1.54, 1.807) is 11.3 Å². The van der Waals surface area contributed by atoms with Crippen LogP contribution in [0.25, 0.3) is 11.3 Å². The smallest absolute Gasteiger partial charge is 0.0979 e. The number of aryl methyl sites for hydroxylation is 2. The van der Waals surface area contributed by atoms with Crippen LogP contribution < -0.4 is 5.73 Å². The van der Waals surface area contributed by atoms with Gasteiger partial charge in [0, 0.05) is 35.8 Å². The molecule has 0 aliphatic rings. The SMILES string of the molecule is Cc1sc(Br)cc1-c1nn(C)cc1CN. The van der Waals surface area contributed by atoms with Crippen molar-refractivity contribution in [1.29, 1.82) is 0 Å². The minimum absolute atomic E-state index is 0.524. The van der Waals surface area contributed by atoms with Gasteiger partial charge in [0.2, 0.25) is 0 Å². The third-order valence-corrected chi connectivity index (χ3v) is 3.82. The van der Waals surface area contributed by atoms with E-state index in [-0.39, 0.29) is 0 Å². The Morgan fingerprint density at radius 1 is 1.60 bits per heavy atom. The second kappa shape index (κ2) is 4.08. The summed E-state index contributed by atoms with van der Waals surface area (Å²) in [5.41, 5.74) is 8.96. The van der Waals surface area contributed by atoms with Crippen molar-refractivity contribution in [2.24, 2.45) is 12.8 Å². The minimum Gasteiger partial charge on any atom is -0.326 e. The van der Waals surface area contributed by atoms with E-state index >= 15 is 0 Å². The summed E-state index contributed by atoms with van der Waals surface area (Å²) >= 11 is 5.21. The van der Waals surface area contributed by atoms with Crippen molar-refractivity contribution in [3.8, 4) is 11.3 Å². The fourth-order valence-corrected chi connectivity index (χ4v) is 3.29. The number of hydrogen-bond donors (Lipinski definition) is 1. The van der Waals surface area contributed by atoms with E-state index in [0.29, 0.717) is 6.54 Å². The molecule has 0 aromatic carbocycles. The van der Waals surface area contributed by atoms with Gasteiger partial charge in [-0.25, -0.2) is 0 Å². The van der Waals surface area contributed by atoms with Crippen LogP contribution >= 0.6 is 27.3 Å². The number of aromatic nitrogens is 2. The van der Waals surface area contributed by atoms with Gasteiger partial charge < -0.3 is 5.73 Å². The lowest BCUT2D eigenvalue weighted by Crippen LogP contribution is -1.96. The highest BCUT2D eigenvalue weighted by molar-refractivity contribution is 9.11. The highest BCUT2D eigenvalue weighted by Crippen LogP contribution is 2.34. The molecule has 15 heavy (non-hydrogen) atoms. The number of thiophene rings is 1. The molecule has 2 N–H and O–H groups in total. The van der Waals surface area contributed by atoms with E-state index in [9.17, 15) is 0 Å². The van der Waals surface area contributed by atoms with Crippen LogP contribution in [0.4, 0.5) is 0 Å². The molecule has 2 heterocycles. The van der Waals surface area contributed by atoms with E-state index in [1.165, 1.54) is 10.4 Å². The normalized spacial score (nSPS) is 10.9. The fourth-order valence-electron chi connectivity index (χ4n) is 1.59. The Morgan fingerprint density at radius 2 is 2.33 bits per heavy atom. The predicted octanol–water partition coefficient (Wildman–Crippen LogP) is 2.68. The molecule has 80 valence electrons. The summed E-state index contributed by atoms with van der Waals surface area (Å²) in [6.45, 7) is 2.62. The Kier molecular flexibility index (Phi) is 2.95. The summed E-state index contributed by atoms with van der Waals surface area (Å²) in [5, 5.41) is 4.45. The molecule has 0 amide bonds. The van der Waals surface area contributed by atoms with Gasteiger partial charge in [-0.3, -0.25) is 4.68 Å². The van der Waals surface area contributed by atoms with Crippen LogP contribution in [0, 0.1) is 6.92 Å². The monoisotopic (exact) mass is 285 g/mol. The van der Waals surface area contributed by atoms with E-state index in [0.717, 1.165) is 15.0 Å². The molecule has 0 saturated heterocycles. The predicted molar refractivity (Wildman–Crippen MR) is 66.8 cm³/mol. The van der Waals surface area contributed by atoms with Crippen molar-refractivity contribution in [2.75, 3.05) is 0 Å². The number of rotatable bonds is 2. The Labute approximate surface area is 101 Å². The molecule has 3 nitrogen and oxygen atoms in total. The Morgan fingerprint density at radius 3 is 2.87 bits per heavy atom. The van der Waals surface area contributed by atoms with Crippen molar-refractivity contribution < 1.29 is 0 Å². The summed E-state index contributed by atoms with van der Waals surface area (Å²) in [7, 11) is 1.92. The van der Waals surface area contributed by atoms with Crippen LogP contribution in [-0.2, 0) is 13.6 Å². The molecule has 0 bridgehead atoms. The summed E-state index contributed by atoms with van der Waals surface area (Å²) in [6.07, 6.45) is 1.97.